The van der Waals surface area contributed by atoms with E-state index >= 15 is 0 Å². The molecular formula is C5H11N3O2. The van der Waals surface area contributed by atoms with Crippen LogP contribution in [0.4, 0.5) is 0 Å². The number of nitrogens with one attached hydrogen (secondary N) is 2. The molecule has 0 heterocycles. The van der Waals surface area contributed by atoms with Crippen molar-refractivity contribution in [2.75, 3.05) is 0 Å². The quantitative estimate of drug-likeness (QED) is 0.182. The molecule has 0 atom stereocenters. The summed E-state index contributed by atoms with van der Waals surface area (Å²) < 4.78 is 0. The van der Waals surface area contributed by atoms with Crippen LogP contribution in [0.25, 0.3) is 0 Å². The maximum absolute atomic E-state index is 10.6. The monoisotopic (exact) mass is 145 g/mol. The molecule has 5 nitrogen and oxygen atoms in total. The molecule has 0 aromatic carbocycles. The summed E-state index contributed by atoms with van der Waals surface area (Å²) in [5.74, 6) is 3.15. The number of carbonyl (C=O) groups excluding carboxylic acids is 2. The fourth-order valence-electron chi connectivity index (χ4n) is 0.393. The lowest BCUT2D eigenvalue weighted by atomic mass is 10.4. The number of hydrogen-bond acceptors (Lipinski definition) is 3. The van der Waals surface area contributed by atoms with Gasteiger partial charge in [0.2, 0.25) is 0 Å². The number of hydrogen-bond donors (Lipinski definition) is 3. The normalized spacial score (nSPS) is 9.20. The largest absolute Gasteiger partial charge is 0.346 e. The second-order valence-electron chi connectivity index (χ2n) is 2.10. The summed E-state index contributed by atoms with van der Waals surface area (Å²) in [6.07, 6.45) is 0. The van der Waals surface area contributed by atoms with E-state index in [0.29, 0.717) is 0 Å². The lowest BCUT2D eigenvalue weighted by molar-refractivity contribution is -0.139. The minimum atomic E-state index is -0.825. The Morgan fingerprint density at radius 2 is 1.80 bits per heavy atom. The first-order chi connectivity index (χ1) is 4.57. The highest BCUT2D eigenvalue weighted by molar-refractivity contribution is 6.34. The SMILES string of the molecule is CC(C)NC(=O)C(=O)NN. The lowest BCUT2D eigenvalue weighted by Gasteiger charge is -2.05. The van der Waals surface area contributed by atoms with Gasteiger partial charge in [0.05, 0.1) is 0 Å². The smallest absolute Gasteiger partial charge is 0.323 e. The molecular weight excluding hydrogens is 134 g/mol. The fourth-order valence-corrected chi connectivity index (χ4v) is 0.393. The first-order valence-corrected chi connectivity index (χ1v) is 2.89. The van der Waals surface area contributed by atoms with Gasteiger partial charge in [-0.1, -0.05) is 0 Å². The minimum Gasteiger partial charge on any atom is -0.346 e. The number of carbonyl (C=O) groups is 2. The highest BCUT2D eigenvalue weighted by atomic mass is 16.2. The molecule has 0 fully saturated rings. The van der Waals surface area contributed by atoms with Gasteiger partial charge in [0.15, 0.2) is 0 Å². The molecule has 0 aromatic heterocycles. The van der Waals surface area contributed by atoms with E-state index in [9.17, 15) is 9.59 Å². The zero-order valence-corrected chi connectivity index (χ0v) is 5.97. The van der Waals surface area contributed by atoms with Crippen LogP contribution in [0.2, 0.25) is 0 Å². The maximum Gasteiger partial charge on any atom is 0.323 e. The van der Waals surface area contributed by atoms with Crippen LogP contribution in [-0.2, 0) is 9.59 Å². The van der Waals surface area contributed by atoms with Crippen LogP contribution in [0, 0.1) is 0 Å². The molecule has 58 valence electrons. The van der Waals surface area contributed by atoms with Crippen molar-refractivity contribution in [2.24, 2.45) is 5.84 Å². The Hall–Kier alpha value is -1.10. The zero-order chi connectivity index (χ0) is 8.15. The molecule has 4 N–H and O–H groups in total. The molecule has 0 saturated carbocycles. The van der Waals surface area contributed by atoms with E-state index in [1.54, 1.807) is 19.3 Å². The van der Waals surface area contributed by atoms with Gasteiger partial charge in [-0.15, -0.1) is 0 Å². The van der Waals surface area contributed by atoms with Crippen LogP contribution in [0.3, 0.4) is 0 Å². The molecule has 0 saturated heterocycles. The molecule has 0 radical (unpaired) electrons. The molecule has 0 unspecified atom stereocenters. The van der Waals surface area contributed by atoms with Gasteiger partial charge in [-0.2, -0.15) is 0 Å². The summed E-state index contributed by atoms with van der Waals surface area (Å²) in [7, 11) is 0. The Morgan fingerprint density at radius 1 is 1.30 bits per heavy atom. The Kier molecular flexibility index (Phi) is 3.42. The Balaban J connectivity index is 3.74. The molecule has 0 spiro atoms. The number of nitrogens with two attached hydrogens (primary N) is 1. The van der Waals surface area contributed by atoms with Crippen molar-refractivity contribution in [2.45, 2.75) is 19.9 Å². The Morgan fingerprint density at radius 3 is 2.10 bits per heavy atom. The van der Waals surface area contributed by atoms with Crippen molar-refractivity contribution in [3.8, 4) is 0 Å². The summed E-state index contributed by atoms with van der Waals surface area (Å²) in [4.78, 5) is 21.0. The Bertz CT molecular complexity index is 144. The van der Waals surface area contributed by atoms with E-state index in [4.69, 9.17) is 0 Å². The van der Waals surface area contributed by atoms with Gasteiger partial charge in [0.1, 0.15) is 0 Å². The van der Waals surface area contributed by atoms with Crippen molar-refractivity contribution in [3.05, 3.63) is 0 Å². The average molecular weight is 145 g/mol. The molecule has 10 heavy (non-hydrogen) atoms. The van der Waals surface area contributed by atoms with Gasteiger partial charge >= 0.3 is 11.8 Å². The average Bonchev–Trinajstić information content (AvgIpc) is 1.85. The standard InChI is InChI=1S/C5H11N3O2/c1-3(2)7-4(9)5(10)8-6/h3H,6H2,1-2H3,(H,7,9)(H,8,10). The number of amides is 2. The summed E-state index contributed by atoms with van der Waals surface area (Å²) in [5, 5.41) is 2.36. The molecule has 0 aromatic rings. The maximum atomic E-state index is 10.6. The van der Waals surface area contributed by atoms with Gasteiger partial charge in [0.25, 0.3) is 0 Å². The van der Waals surface area contributed by atoms with Crippen molar-refractivity contribution in [3.63, 3.8) is 0 Å². The lowest BCUT2D eigenvalue weighted by Crippen LogP contribution is -2.45. The summed E-state index contributed by atoms with van der Waals surface area (Å²) in [6, 6.07) is -0.0511. The minimum absolute atomic E-state index is 0.0511. The van der Waals surface area contributed by atoms with Gasteiger partial charge in [-0.25, -0.2) is 5.84 Å². The van der Waals surface area contributed by atoms with Crippen molar-refractivity contribution in [1.82, 2.24) is 10.7 Å². The predicted molar refractivity (Wildman–Crippen MR) is 35.6 cm³/mol. The van der Waals surface area contributed by atoms with Crippen LogP contribution in [0.1, 0.15) is 13.8 Å². The van der Waals surface area contributed by atoms with Gasteiger partial charge in [0, 0.05) is 6.04 Å². The highest BCUT2D eigenvalue weighted by Gasteiger charge is 2.11. The molecule has 0 aliphatic rings. The third kappa shape index (κ3) is 3.03. The Labute approximate surface area is 58.9 Å². The van der Waals surface area contributed by atoms with Crippen LogP contribution < -0.4 is 16.6 Å². The second-order valence-corrected chi connectivity index (χ2v) is 2.10. The van der Waals surface area contributed by atoms with Crippen molar-refractivity contribution < 1.29 is 9.59 Å². The molecule has 0 aliphatic carbocycles. The first-order valence-electron chi connectivity index (χ1n) is 2.89. The van der Waals surface area contributed by atoms with E-state index in [1.807, 2.05) is 0 Å². The molecule has 5 heteroatoms. The van der Waals surface area contributed by atoms with Crippen LogP contribution in [0.5, 0.6) is 0 Å². The molecule has 0 bridgehead atoms. The summed E-state index contributed by atoms with van der Waals surface area (Å²) in [5.41, 5.74) is 1.72. The summed E-state index contributed by atoms with van der Waals surface area (Å²) in [6.45, 7) is 3.50. The molecule has 2 amide bonds. The highest BCUT2D eigenvalue weighted by Crippen LogP contribution is 1.75. The van der Waals surface area contributed by atoms with E-state index in [2.05, 4.69) is 11.2 Å². The molecule has 0 rings (SSSR count). The first kappa shape index (κ1) is 8.90. The zero-order valence-electron chi connectivity index (χ0n) is 5.97. The molecule has 0 aliphatic heterocycles. The predicted octanol–water partition coefficient (Wildman–Crippen LogP) is -1.50. The number of rotatable bonds is 1. The third-order valence-corrected chi connectivity index (χ3v) is 0.757. The third-order valence-electron chi connectivity index (χ3n) is 0.757. The van der Waals surface area contributed by atoms with Crippen LogP contribution in [0.15, 0.2) is 0 Å². The number of hydrazine groups is 1. The fraction of sp³-hybridized carbons (Fsp3) is 0.600. The van der Waals surface area contributed by atoms with Crippen LogP contribution >= 0.6 is 0 Å². The van der Waals surface area contributed by atoms with Crippen molar-refractivity contribution in [1.29, 1.82) is 0 Å². The van der Waals surface area contributed by atoms with E-state index in [-0.39, 0.29) is 6.04 Å². The van der Waals surface area contributed by atoms with Crippen LogP contribution in [-0.4, -0.2) is 17.9 Å². The van der Waals surface area contributed by atoms with E-state index in [1.165, 1.54) is 0 Å². The topological polar surface area (TPSA) is 84.2 Å². The summed E-state index contributed by atoms with van der Waals surface area (Å²) >= 11 is 0. The van der Waals surface area contributed by atoms with E-state index < -0.39 is 11.8 Å². The van der Waals surface area contributed by atoms with Gasteiger partial charge < -0.3 is 5.32 Å². The van der Waals surface area contributed by atoms with Gasteiger partial charge in [-0.3, -0.25) is 15.0 Å². The van der Waals surface area contributed by atoms with Crippen molar-refractivity contribution >= 4 is 11.8 Å². The second kappa shape index (κ2) is 3.84. The van der Waals surface area contributed by atoms with Gasteiger partial charge in [-0.05, 0) is 13.8 Å². The van der Waals surface area contributed by atoms with E-state index in [0.717, 1.165) is 0 Å².